The van der Waals surface area contributed by atoms with E-state index in [2.05, 4.69) is 24.1 Å². The summed E-state index contributed by atoms with van der Waals surface area (Å²) in [6, 6.07) is 8.14. The molecule has 1 aliphatic heterocycles. The summed E-state index contributed by atoms with van der Waals surface area (Å²) in [7, 11) is 2.10. The zero-order valence-electron chi connectivity index (χ0n) is 10.6. The van der Waals surface area contributed by atoms with Gasteiger partial charge in [-0.05, 0) is 44.6 Å². The topological polar surface area (TPSA) is 32.7 Å². The summed E-state index contributed by atoms with van der Waals surface area (Å²) >= 11 is 0. The van der Waals surface area contributed by atoms with Gasteiger partial charge in [0.05, 0.1) is 13.2 Å². The van der Waals surface area contributed by atoms with Crippen molar-refractivity contribution >= 4 is 0 Å². The van der Waals surface area contributed by atoms with Gasteiger partial charge in [0.15, 0.2) is 0 Å². The van der Waals surface area contributed by atoms with E-state index in [0.29, 0.717) is 6.61 Å². The molecular formula is C14H21NO2. The number of likely N-dealkylation sites (N-methyl/N-ethyl adjacent to an activating group) is 1. The molecule has 0 radical (unpaired) electrons. The van der Waals surface area contributed by atoms with E-state index in [1.54, 1.807) is 0 Å². The Morgan fingerprint density at radius 2 is 2.29 bits per heavy atom. The van der Waals surface area contributed by atoms with Gasteiger partial charge < -0.3 is 14.7 Å². The first-order valence-electron chi connectivity index (χ1n) is 6.23. The van der Waals surface area contributed by atoms with Crippen molar-refractivity contribution in [1.29, 1.82) is 0 Å². The van der Waals surface area contributed by atoms with Crippen molar-refractivity contribution in [3.63, 3.8) is 0 Å². The summed E-state index contributed by atoms with van der Waals surface area (Å²) in [6.07, 6.45) is 1.01. The standard InChI is InChI=1S/C14H21NO2/c1-3-17-13-6-4-5-12(9-13)14(11-16)7-8-15(2)10-14/h4-6,9,16H,3,7-8,10-11H2,1-2H3. The molecule has 1 atom stereocenters. The van der Waals surface area contributed by atoms with Gasteiger partial charge in [0, 0.05) is 12.0 Å². The van der Waals surface area contributed by atoms with Crippen molar-refractivity contribution < 1.29 is 9.84 Å². The number of likely N-dealkylation sites (tertiary alicyclic amines) is 1. The Kier molecular flexibility index (Phi) is 3.69. The number of aliphatic hydroxyl groups is 1. The van der Waals surface area contributed by atoms with Crippen molar-refractivity contribution in [3.05, 3.63) is 29.8 Å². The molecule has 1 aromatic rings. The van der Waals surface area contributed by atoms with Crippen LogP contribution in [0.4, 0.5) is 0 Å². The van der Waals surface area contributed by atoms with Crippen LogP contribution in [-0.4, -0.2) is 43.4 Å². The molecule has 0 bridgehead atoms. The molecule has 3 nitrogen and oxygen atoms in total. The molecule has 3 heteroatoms. The monoisotopic (exact) mass is 235 g/mol. The van der Waals surface area contributed by atoms with E-state index < -0.39 is 0 Å². The Morgan fingerprint density at radius 1 is 1.47 bits per heavy atom. The van der Waals surface area contributed by atoms with Crippen LogP contribution >= 0.6 is 0 Å². The highest BCUT2D eigenvalue weighted by Gasteiger charge is 2.37. The van der Waals surface area contributed by atoms with Crippen LogP contribution in [0.1, 0.15) is 18.9 Å². The first kappa shape index (κ1) is 12.4. The zero-order chi connectivity index (χ0) is 12.3. The Hall–Kier alpha value is -1.06. The second-order valence-electron chi connectivity index (χ2n) is 4.89. The molecule has 1 aromatic carbocycles. The van der Waals surface area contributed by atoms with Gasteiger partial charge in [0.25, 0.3) is 0 Å². The lowest BCUT2D eigenvalue weighted by atomic mass is 9.80. The summed E-state index contributed by atoms with van der Waals surface area (Å²) < 4.78 is 5.53. The van der Waals surface area contributed by atoms with E-state index in [9.17, 15) is 5.11 Å². The van der Waals surface area contributed by atoms with Crippen LogP contribution in [0.3, 0.4) is 0 Å². The average Bonchev–Trinajstić information content (AvgIpc) is 2.73. The highest BCUT2D eigenvalue weighted by atomic mass is 16.5. The second-order valence-corrected chi connectivity index (χ2v) is 4.89. The molecule has 0 saturated carbocycles. The highest BCUT2D eigenvalue weighted by molar-refractivity contribution is 5.35. The molecule has 1 heterocycles. The fourth-order valence-corrected chi connectivity index (χ4v) is 2.62. The number of benzene rings is 1. The van der Waals surface area contributed by atoms with Crippen molar-refractivity contribution in [2.24, 2.45) is 0 Å². The molecule has 94 valence electrons. The molecular weight excluding hydrogens is 214 g/mol. The Balaban J connectivity index is 2.28. The van der Waals surface area contributed by atoms with Crippen LogP contribution in [0.15, 0.2) is 24.3 Å². The Labute approximate surface area is 103 Å². The van der Waals surface area contributed by atoms with Gasteiger partial charge in [0.2, 0.25) is 0 Å². The fourth-order valence-electron chi connectivity index (χ4n) is 2.62. The van der Waals surface area contributed by atoms with Crippen molar-refractivity contribution in [1.82, 2.24) is 4.90 Å². The average molecular weight is 235 g/mol. The Bertz CT molecular complexity index is 380. The predicted octanol–water partition coefficient (Wildman–Crippen LogP) is 1.65. The van der Waals surface area contributed by atoms with Crippen molar-refractivity contribution in [2.45, 2.75) is 18.8 Å². The second kappa shape index (κ2) is 5.07. The van der Waals surface area contributed by atoms with Crippen LogP contribution in [0.2, 0.25) is 0 Å². The van der Waals surface area contributed by atoms with E-state index >= 15 is 0 Å². The zero-order valence-corrected chi connectivity index (χ0v) is 10.6. The summed E-state index contributed by atoms with van der Waals surface area (Å²) in [6.45, 7) is 4.82. The van der Waals surface area contributed by atoms with Gasteiger partial charge in [0.1, 0.15) is 5.75 Å². The molecule has 1 aliphatic rings. The number of ether oxygens (including phenoxy) is 1. The molecule has 1 unspecified atom stereocenters. The van der Waals surface area contributed by atoms with E-state index in [1.807, 2.05) is 19.1 Å². The largest absolute Gasteiger partial charge is 0.494 e. The number of hydrogen-bond donors (Lipinski definition) is 1. The first-order chi connectivity index (χ1) is 8.20. The molecule has 1 N–H and O–H groups in total. The molecule has 2 rings (SSSR count). The maximum atomic E-state index is 9.74. The fraction of sp³-hybridized carbons (Fsp3) is 0.571. The predicted molar refractivity (Wildman–Crippen MR) is 68.5 cm³/mol. The number of nitrogens with zero attached hydrogens (tertiary/aromatic N) is 1. The number of aliphatic hydroxyl groups excluding tert-OH is 1. The summed E-state index contributed by atoms with van der Waals surface area (Å²) in [4.78, 5) is 2.27. The summed E-state index contributed by atoms with van der Waals surface area (Å²) in [5.41, 5.74) is 1.08. The molecule has 0 aromatic heterocycles. The van der Waals surface area contributed by atoms with Gasteiger partial charge in [-0.25, -0.2) is 0 Å². The third kappa shape index (κ3) is 2.45. The minimum absolute atomic E-state index is 0.109. The highest BCUT2D eigenvalue weighted by Crippen LogP contribution is 2.35. The minimum atomic E-state index is -0.109. The molecule has 0 spiro atoms. The lowest BCUT2D eigenvalue weighted by Crippen LogP contribution is -2.33. The van der Waals surface area contributed by atoms with Crippen LogP contribution in [0.5, 0.6) is 5.75 Å². The molecule has 0 aliphatic carbocycles. The Morgan fingerprint density at radius 3 is 2.88 bits per heavy atom. The molecule has 1 fully saturated rings. The van der Waals surface area contributed by atoms with E-state index in [1.165, 1.54) is 5.56 Å². The maximum Gasteiger partial charge on any atom is 0.119 e. The van der Waals surface area contributed by atoms with Gasteiger partial charge in [-0.2, -0.15) is 0 Å². The SMILES string of the molecule is CCOc1cccc(C2(CO)CCN(C)C2)c1. The molecule has 1 saturated heterocycles. The smallest absolute Gasteiger partial charge is 0.119 e. The maximum absolute atomic E-state index is 9.74. The van der Waals surface area contributed by atoms with E-state index in [-0.39, 0.29) is 12.0 Å². The third-order valence-corrected chi connectivity index (χ3v) is 3.60. The third-order valence-electron chi connectivity index (χ3n) is 3.60. The lowest BCUT2D eigenvalue weighted by molar-refractivity contribution is 0.194. The van der Waals surface area contributed by atoms with Crippen molar-refractivity contribution in [2.75, 3.05) is 33.4 Å². The van der Waals surface area contributed by atoms with Gasteiger partial charge in [-0.3, -0.25) is 0 Å². The van der Waals surface area contributed by atoms with Crippen molar-refractivity contribution in [3.8, 4) is 5.75 Å². The van der Waals surface area contributed by atoms with Crippen LogP contribution in [0, 0.1) is 0 Å². The number of hydrogen-bond acceptors (Lipinski definition) is 3. The van der Waals surface area contributed by atoms with Gasteiger partial charge in [-0.15, -0.1) is 0 Å². The van der Waals surface area contributed by atoms with Crippen LogP contribution in [0.25, 0.3) is 0 Å². The summed E-state index contributed by atoms with van der Waals surface area (Å²) in [5.74, 6) is 0.896. The van der Waals surface area contributed by atoms with Gasteiger partial charge in [-0.1, -0.05) is 12.1 Å². The quantitative estimate of drug-likeness (QED) is 0.861. The van der Waals surface area contributed by atoms with Gasteiger partial charge >= 0.3 is 0 Å². The molecule has 17 heavy (non-hydrogen) atoms. The van der Waals surface area contributed by atoms with E-state index in [0.717, 1.165) is 25.3 Å². The van der Waals surface area contributed by atoms with E-state index in [4.69, 9.17) is 4.74 Å². The normalized spacial score (nSPS) is 25.1. The minimum Gasteiger partial charge on any atom is -0.494 e. The van der Waals surface area contributed by atoms with Crippen LogP contribution in [-0.2, 0) is 5.41 Å². The van der Waals surface area contributed by atoms with Crippen LogP contribution < -0.4 is 4.74 Å². The molecule has 0 amide bonds. The lowest BCUT2D eigenvalue weighted by Gasteiger charge is -2.27. The first-order valence-corrected chi connectivity index (χ1v) is 6.23. The summed E-state index contributed by atoms with van der Waals surface area (Å²) in [5, 5.41) is 9.74. The number of rotatable bonds is 4.